The summed E-state index contributed by atoms with van der Waals surface area (Å²) >= 11 is 0. The maximum absolute atomic E-state index is 6.02. The Labute approximate surface area is 90.9 Å². The van der Waals surface area contributed by atoms with Gasteiger partial charge in [0, 0.05) is 11.7 Å². The molecule has 2 heteroatoms. The van der Waals surface area contributed by atoms with E-state index in [9.17, 15) is 0 Å². The van der Waals surface area contributed by atoms with Crippen molar-refractivity contribution in [3.05, 3.63) is 28.8 Å². The minimum Gasteiger partial charge on any atom is -0.398 e. The Bertz CT molecular complexity index is 378. The molecule has 1 fully saturated rings. The first-order chi connectivity index (χ1) is 7.36. The molecule has 80 valence electrons. The van der Waals surface area contributed by atoms with Crippen LogP contribution in [0.2, 0.25) is 0 Å². The van der Waals surface area contributed by atoms with E-state index in [0.717, 1.165) is 5.69 Å². The fourth-order valence-electron chi connectivity index (χ4n) is 3.04. The maximum atomic E-state index is 6.02. The van der Waals surface area contributed by atoms with Gasteiger partial charge in [0.2, 0.25) is 0 Å². The second-order valence-corrected chi connectivity index (χ2v) is 4.70. The van der Waals surface area contributed by atoms with E-state index in [0.29, 0.717) is 6.04 Å². The van der Waals surface area contributed by atoms with Crippen molar-refractivity contribution >= 4 is 5.69 Å². The van der Waals surface area contributed by atoms with Gasteiger partial charge in [0.05, 0.1) is 0 Å². The number of fused-ring (bicyclic) bond motifs is 1. The average Bonchev–Trinajstić information content (AvgIpc) is 2.88. The summed E-state index contributed by atoms with van der Waals surface area (Å²) in [5.41, 5.74) is 11.5. The van der Waals surface area contributed by atoms with Crippen molar-refractivity contribution in [2.45, 2.75) is 38.1 Å². The van der Waals surface area contributed by atoms with E-state index in [1.165, 1.54) is 49.8 Å². The molecule has 2 aliphatic rings. The van der Waals surface area contributed by atoms with Crippen molar-refractivity contribution in [1.82, 2.24) is 5.32 Å². The zero-order valence-corrected chi connectivity index (χ0v) is 9.05. The summed E-state index contributed by atoms with van der Waals surface area (Å²) in [5, 5.41) is 3.58. The molecule has 2 nitrogen and oxygen atoms in total. The molecule has 0 unspecified atom stereocenters. The molecule has 1 atom stereocenters. The third-order valence-corrected chi connectivity index (χ3v) is 3.79. The number of hydrogen-bond acceptors (Lipinski definition) is 2. The number of hydrogen-bond donors (Lipinski definition) is 2. The summed E-state index contributed by atoms with van der Waals surface area (Å²) in [6, 6.07) is 4.93. The van der Waals surface area contributed by atoms with Gasteiger partial charge in [0.1, 0.15) is 0 Å². The van der Waals surface area contributed by atoms with Crippen LogP contribution in [0.4, 0.5) is 5.69 Å². The summed E-state index contributed by atoms with van der Waals surface area (Å²) < 4.78 is 0. The Kier molecular flexibility index (Phi) is 2.17. The van der Waals surface area contributed by atoms with Crippen LogP contribution in [0.25, 0.3) is 0 Å². The van der Waals surface area contributed by atoms with Crippen molar-refractivity contribution in [3.8, 4) is 0 Å². The number of nitrogen functional groups attached to an aromatic ring is 1. The van der Waals surface area contributed by atoms with E-state index in [-0.39, 0.29) is 0 Å². The van der Waals surface area contributed by atoms with Crippen LogP contribution in [0.3, 0.4) is 0 Å². The van der Waals surface area contributed by atoms with Crippen LogP contribution in [0.15, 0.2) is 12.1 Å². The Balaban J connectivity index is 2.04. The first kappa shape index (κ1) is 9.22. The van der Waals surface area contributed by atoms with Crippen LogP contribution >= 0.6 is 0 Å². The van der Waals surface area contributed by atoms with Crippen molar-refractivity contribution in [1.29, 1.82) is 0 Å². The minimum absolute atomic E-state index is 0.595. The molecule has 1 aromatic rings. The van der Waals surface area contributed by atoms with E-state index < -0.39 is 0 Å². The monoisotopic (exact) mass is 202 g/mol. The lowest BCUT2D eigenvalue weighted by Gasteiger charge is -2.16. The molecule has 0 radical (unpaired) electrons. The largest absolute Gasteiger partial charge is 0.398 e. The highest BCUT2D eigenvalue weighted by molar-refractivity contribution is 5.56. The topological polar surface area (TPSA) is 38.0 Å². The van der Waals surface area contributed by atoms with E-state index in [2.05, 4.69) is 17.4 Å². The summed E-state index contributed by atoms with van der Waals surface area (Å²) in [4.78, 5) is 0. The van der Waals surface area contributed by atoms with Crippen LogP contribution in [0.5, 0.6) is 0 Å². The molecule has 3 rings (SSSR count). The van der Waals surface area contributed by atoms with Gasteiger partial charge in [-0.1, -0.05) is 6.07 Å². The summed E-state index contributed by atoms with van der Waals surface area (Å²) in [7, 11) is 0. The smallest absolute Gasteiger partial charge is 0.0349 e. The molecule has 3 N–H and O–H groups in total. The second kappa shape index (κ2) is 3.53. The average molecular weight is 202 g/mol. The minimum atomic E-state index is 0.595. The van der Waals surface area contributed by atoms with E-state index in [1.54, 1.807) is 5.56 Å². The van der Waals surface area contributed by atoms with E-state index >= 15 is 0 Å². The number of nitrogens with two attached hydrogens (primary N) is 1. The fraction of sp³-hybridized carbons (Fsp3) is 0.538. The van der Waals surface area contributed by atoms with E-state index in [1.807, 2.05) is 0 Å². The lowest BCUT2D eigenvalue weighted by molar-refractivity contribution is 0.641. The van der Waals surface area contributed by atoms with Gasteiger partial charge in [0.15, 0.2) is 0 Å². The third-order valence-electron chi connectivity index (χ3n) is 3.79. The molecular formula is C13H18N2. The molecule has 1 heterocycles. The van der Waals surface area contributed by atoms with Crippen molar-refractivity contribution in [2.75, 3.05) is 12.3 Å². The van der Waals surface area contributed by atoms with Crippen LogP contribution in [0.1, 0.15) is 42.0 Å². The Morgan fingerprint density at radius 3 is 2.80 bits per heavy atom. The molecule has 1 aromatic carbocycles. The van der Waals surface area contributed by atoms with Gasteiger partial charge >= 0.3 is 0 Å². The predicted molar refractivity (Wildman–Crippen MR) is 62.9 cm³/mol. The molecule has 0 spiro atoms. The molecule has 15 heavy (non-hydrogen) atoms. The third kappa shape index (κ3) is 1.44. The van der Waals surface area contributed by atoms with Gasteiger partial charge in [-0.3, -0.25) is 0 Å². The standard InChI is InChI=1S/C13H18N2/c14-12-7-6-11(13-5-2-8-15-13)9-3-1-4-10(9)12/h6-7,13,15H,1-5,8,14H2/t13-/m1/s1. The van der Waals surface area contributed by atoms with Gasteiger partial charge in [-0.05, 0) is 61.4 Å². The molecule has 0 bridgehead atoms. The molecule has 1 saturated heterocycles. The normalized spacial score (nSPS) is 24.4. The van der Waals surface area contributed by atoms with E-state index in [4.69, 9.17) is 5.73 Å². The molecule has 0 aromatic heterocycles. The SMILES string of the molecule is Nc1ccc([C@H]2CCCN2)c2c1CCC2. The van der Waals surface area contributed by atoms with Crippen LogP contribution < -0.4 is 11.1 Å². The maximum Gasteiger partial charge on any atom is 0.0349 e. The Morgan fingerprint density at radius 1 is 1.13 bits per heavy atom. The number of benzene rings is 1. The molecule has 0 amide bonds. The Morgan fingerprint density at radius 2 is 2.00 bits per heavy atom. The number of anilines is 1. The van der Waals surface area contributed by atoms with Gasteiger partial charge in [-0.2, -0.15) is 0 Å². The van der Waals surface area contributed by atoms with Gasteiger partial charge in [-0.25, -0.2) is 0 Å². The highest BCUT2D eigenvalue weighted by Gasteiger charge is 2.23. The molecular weight excluding hydrogens is 184 g/mol. The lowest BCUT2D eigenvalue weighted by atomic mass is 9.95. The fourth-order valence-corrected chi connectivity index (χ4v) is 3.04. The summed E-state index contributed by atoms with van der Waals surface area (Å²) in [5.74, 6) is 0. The van der Waals surface area contributed by atoms with Gasteiger partial charge in [-0.15, -0.1) is 0 Å². The zero-order valence-electron chi connectivity index (χ0n) is 9.05. The zero-order chi connectivity index (χ0) is 10.3. The van der Waals surface area contributed by atoms with Crippen molar-refractivity contribution in [3.63, 3.8) is 0 Å². The highest BCUT2D eigenvalue weighted by Crippen LogP contribution is 2.35. The quantitative estimate of drug-likeness (QED) is 0.685. The van der Waals surface area contributed by atoms with Crippen molar-refractivity contribution < 1.29 is 0 Å². The van der Waals surface area contributed by atoms with Gasteiger partial charge in [0.25, 0.3) is 0 Å². The van der Waals surface area contributed by atoms with Crippen LogP contribution in [-0.2, 0) is 12.8 Å². The molecule has 0 saturated carbocycles. The Hall–Kier alpha value is -1.02. The first-order valence-electron chi connectivity index (χ1n) is 6.00. The summed E-state index contributed by atoms with van der Waals surface area (Å²) in [6.07, 6.45) is 6.29. The predicted octanol–water partition coefficient (Wildman–Crippen LogP) is 2.18. The van der Waals surface area contributed by atoms with Crippen LogP contribution in [-0.4, -0.2) is 6.54 Å². The van der Waals surface area contributed by atoms with Crippen LogP contribution in [0, 0.1) is 0 Å². The second-order valence-electron chi connectivity index (χ2n) is 4.70. The first-order valence-corrected chi connectivity index (χ1v) is 6.00. The molecule has 1 aliphatic heterocycles. The van der Waals surface area contributed by atoms with Gasteiger partial charge < -0.3 is 11.1 Å². The number of rotatable bonds is 1. The number of nitrogens with one attached hydrogen (secondary N) is 1. The molecule has 1 aliphatic carbocycles. The highest BCUT2D eigenvalue weighted by atomic mass is 14.9. The van der Waals surface area contributed by atoms with Crippen molar-refractivity contribution in [2.24, 2.45) is 0 Å². The lowest BCUT2D eigenvalue weighted by Crippen LogP contribution is -2.15. The summed E-state index contributed by atoms with van der Waals surface area (Å²) in [6.45, 7) is 1.17.